The molecule has 0 aliphatic heterocycles. The number of nitrogens with two attached hydrogens (primary N) is 1. The summed E-state index contributed by atoms with van der Waals surface area (Å²) >= 11 is 9.79. The number of halogens is 1. The molecule has 2 aromatic heterocycles. The van der Waals surface area contributed by atoms with Crippen LogP contribution < -0.4 is 5.73 Å². The summed E-state index contributed by atoms with van der Waals surface area (Å²) in [5, 5.41) is 0.343. The van der Waals surface area contributed by atoms with Gasteiger partial charge in [-0.3, -0.25) is 3.97 Å². The van der Waals surface area contributed by atoms with Crippen molar-refractivity contribution in [1.29, 1.82) is 0 Å². The van der Waals surface area contributed by atoms with E-state index < -0.39 is 0 Å². The number of thiol groups is 1. The molecule has 0 fully saturated rings. The van der Waals surface area contributed by atoms with E-state index >= 15 is 0 Å². The van der Waals surface area contributed by atoms with E-state index in [4.69, 9.17) is 17.3 Å². The summed E-state index contributed by atoms with van der Waals surface area (Å²) in [4.78, 5) is 7.85. The molecule has 2 heterocycles. The lowest BCUT2D eigenvalue weighted by Gasteiger charge is -1.96. The quantitative estimate of drug-likeness (QED) is 0.499. The van der Waals surface area contributed by atoms with Crippen molar-refractivity contribution in [3.05, 3.63) is 17.5 Å². The first-order chi connectivity index (χ1) is 5.68. The Morgan fingerprint density at radius 3 is 3.08 bits per heavy atom. The maximum Gasteiger partial charge on any atom is 0.153 e. The molecule has 12 heavy (non-hydrogen) atoms. The number of rotatable bonds is 0. The molecule has 2 rings (SSSR count). The third-order valence-electron chi connectivity index (χ3n) is 1.51. The molecule has 0 radical (unpaired) electrons. The summed E-state index contributed by atoms with van der Waals surface area (Å²) < 4.78 is 1.54. The molecule has 6 heteroatoms. The maximum absolute atomic E-state index is 5.69. The van der Waals surface area contributed by atoms with Crippen LogP contribution in [0.15, 0.2) is 12.4 Å². The minimum atomic E-state index is 0.324. The average Bonchev–Trinajstić information content (AvgIpc) is 2.33. The lowest BCUT2D eigenvalue weighted by molar-refractivity contribution is 1.28. The third-order valence-corrected chi connectivity index (χ3v) is 2.02. The Morgan fingerprint density at radius 1 is 1.58 bits per heavy atom. The van der Waals surface area contributed by atoms with Gasteiger partial charge in [0.15, 0.2) is 5.82 Å². The number of hydrogen-bond donors (Lipinski definition) is 2. The minimum absolute atomic E-state index is 0.324. The molecule has 0 unspecified atom stereocenters. The Balaban J connectivity index is 2.92. The summed E-state index contributed by atoms with van der Waals surface area (Å²) in [6, 6.07) is 1.66. The molecular formula is C6H5ClN4S. The van der Waals surface area contributed by atoms with Gasteiger partial charge >= 0.3 is 0 Å². The van der Waals surface area contributed by atoms with Gasteiger partial charge in [-0.1, -0.05) is 24.4 Å². The highest BCUT2D eigenvalue weighted by Crippen LogP contribution is 2.21. The summed E-state index contributed by atoms with van der Waals surface area (Å²) in [5.74, 6) is 0.324. The van der Waals surface area contributed by atoms with Crippen LogP contribution in [-0.4, -0.2) is 13.9 Å². The summed E-state index contributed by atoms with van der Waals surface area (Å²) in [6.45, 7) is 0. The van der Waals surface area contributed by atoms with E-state index in [1.807, 2.05) is 0 Å². The number of hydrogen-bond acceptors (Lipinski definition) is 4. The second-order valence-electron chi connectivity index (χ2n) is 2.29. The predicted molar refractivity (Wildman–Crippen MR) is 51.3 cm³/mol. The molecule has 0 aromatic carbocycles. The Hall–Kier alpha value is -0.940. The van der Waals surface area contributed by atoms with Crippen molar-refractivity contribution in [3.8, 4) is 0 Å². The molecule has 2 N–H and O–H groups in total. The van der Waals surface area contributed by atoms with Crippen LogP contribution in [0.4, 0.5) is 5.82 Å². The van der Waals surface area contributed by atoms with E-state index in [2.05, 4.69) is 22.8 Å². The molecule has 62 valence electrons. The number of anilines is 1. The van der Waals surface area contributed by atoms with Crippen molar-refractivity contribution in [1.82, 2.24) is 13.9 Å². The lowest BCUT2D eigenvalue weighted by atomic mass is 10.4. The smallest absolute Gasteiger partial charge is 0.153 e. The maximum atomic E-state index is 5.69. The SMILES string of the molecule is Nc1nc(Cl)cc2c1ncn2S. The van der Waals surface area contributed by atoms with Gasteiger partial charge in [0.05, 0.1) is 5.52 Å². The van der Waals surface area contributed by atoms with Gasteiger partial charge in [-0.05, 0) is 0 Å². The van der Waals surface area contributed by atoms with Gasteiger partial charge in [-0.15, -0.1) is 0 Å². The molecule has 0 saturated carbocycles. The molecule has 0 aliphatic carbocycles. The fourth-order valence-corrected chi connectivity index (χ4v) is 1.39. The molecule has 0 atom stereocenters. The molecule has 0 amide bonds. The van der Waals surface area contributed by atoms with Crippen LogP contribution in [0.5, 0.6) is 0 Å². The Bertz CT molecular complexity index is 438. The van der Waals surface area contributed by atoms with Crippen LogP contribution in [0.2, 0.25) is 5.15 Å². The zero-order valence-corrected chi connectivity index (χ0v) is 7.55. The zero-order valence-electron chi connectivity index (χ0n) is 5.90. The van der Waals surface area contributed by atoms with Gasteiger partial charge in [-0.2, -0.15) is 0 Å². The Labute approximate surface area is 78.9 Å². The van der Waals surface area contributed by atoms with E-state index in [1.54, 1.807) is 16.4 Å². The predicted octanol–water partition coefficient (Wildman–Crippen LogP) is 1.36. The number of aromatic nitrogens is 3. The number of nitrogens with zero attached hydrogens (tertiary/aromatic N) is 3. The monoisotopic (exact) mass is 200 g/mol. The first-order valence-electron chi connectivity index (χ1n) is 3.17. The summed E-state index contributed by atoms with van der Waals surface area (Å²) in [5.41, 5.74) is 6.94. The fraction of sp³-hybridized carbons (Fsp3) is 0. The molecule has 4 nitrogen and oxygen atoms in total. The standard InChI is InChI=1S/C6H5ClN4S/c7-4-1-3-5(6(8)10-4)9-2-11(3)12/h1-2,12H,(H2,8,10). The van der Waals surface area contributed by atoms with E-state index in [1.165, 1.54) is 0 Å². The van der Waals surface area contributed by atoms with Crippen LogP contribution in [0.25, 0.3) is 11.0 Å². The van der Waals surface area contributed by atoms with Gasteiger partial charge in [0.1, 0.15) is 17.0 Å². The third kappa shape index (κ3) is 1.02. The van der Waals surface area contributed by atoms with Crippen molar-refractivity contribution < 1.29 is 0 Å². The molecule has 2 aromatic rings. The first kappa shape index (κ1) is 7.70. The topological polar surface area (TPSA) is 56.7 Å². The highest BCUT2D eigenvalue weighted by atomic mass is 35.5. The van der Waals surface area contributed by atoms with Gasteiger partial charge in [-0.25, -0.2) is 9.97 Å². The van der Waals surface area contributed by atoms with E-state index in [-0.39, 0.29) is 0 Å². The van der Waals surface area contributed by atoms with Gasteiger partial charge in [0.2, 0.25) is 0 Å². The van der Waals surface area contributed by atoms with Crippen LogP contribution >= 0.6 is 24.4 Å². The van der Waals surface area contributed by atoms with Crippen LogP contribution in [0.1, 0.15) is 0 Å². The van der Waals surface area contributed by atoms with Gasteiger partial charge < -0.3 is 5.73 Å². The average molecular weight is 201 g/mol. The number of imidazole rings is 1. The highest BCUT2D eigenvalue weighted by Gasteiger charge is 2.06. The van der Waals surface area contributed by atoms with Crippen molar-refractivity contribution in [2.45, 2.75) is 0 Å². The van der Waals surface area contributed by atoms with Crippen molar-refractivity contribution in [2.75, 3.05) is 5.73 Å². The van der Waals surface area contributed by atoms with Crippen LogP contribution in [-0.2, 0) is 0 Å². The highest BCUT2D eigenvalue weighted by molar-refractivity contribution is 7.78. The van der Waals surface area contributed by atoms with Crippen molar-refractivity contribution in [3.63, 3.8) is 0 Å². The zero-order chi connectivity index (χ0) is 8.72. The summed E-state index contributed by atoms with van der Waals surface area (Å²) in [6.07, 6.45) is 1.54. The number of pyridine rings is 1. The van der Waals surface area contributed by atoms with E-state index in [0.717, 1.165) is 5.52 Å². The normalized spacial score (nSPS) is 10.8. The number of fused-ring (bicyclic) bond motifs is 1. The van der Waals surface area contributed by atoms with Crippen LogP contribution in [0.3, 0.4) is 0 Å². The second-order valence-corrected chi connectivity index (χ2v) is 3.11. The Kier molecular flexibility index (Phi) is 1.62. The van der Waals surface area contributed by atoms with E-state index in [0.29, 0.717) is 16.5 Å². The van der Waals surface area contributed by atoms with Crippen LogP contribution in [0, 0.1) is 0 Å². The fourth-order valence-electron chi connectivity index (χ4n) is 0.994. The minimum Gasteiger partial charge on any atom is -0.382 e. The molecule has 0 bridgehead atoms. The first-order valence-corrected chi connectivity index (χ1v) is 3.94. The molecule has 0 saturated heterocycles. The second kappa shape index (κ2) is 2.53. The lowest BCUT2D eigenvalue weighted by Crippen LogP contribution is -1.91. The summed E-state index contributed by atoms with van der Waals surface area (Å²) in [7, 11) is 0. The number of nitrogen functional groups attached to an aromatic ring is 1. The Morgan fingerprint density at radius 2 is 2.33 bits per heavy atom. The van der Waals surface area contributed by atoms with Gasteiger partial charge in [0.25, 0.3) is 0 Å². The van der Waals surface area contributed by atoms with E-state index in [9.17, 15) is 0 Å². The van der Waals surface area contributed by atoms with Gasteiger partial charge in [0, 0.05) is 6.07 Å². The molecule has 0 spiro atoms. The van der Waals surface area contributed by atoms with Crippen molar-refractivity contribution >= 4 is 41.3 Å². The largest absolute Gasteiger partial charge is 0.382 e. The molecular weight excluding hydrogens is 196 g/mol. The molecule has 0 aliphatic rings. The van der Waals surface area contributed by atoms with Crippen molar-refractivity contribution in [2.24, 2.45) is 0 Å².